The molecule has 0 unspecified atom stereocenters. The van der Waals surface area contributed by atoms with E-state index in [-0.39, 0.29) is 17.7 Å². The predicted octanol–water partition coefficient (Wildman–Crippen LogP) is 0.543. The van der Waals surface area contributed by atoms with Crippen LogP contribution in [0.2, 0.25) is 0 Å². The first-order chi connectivity index (χ1) is 7.91. The lowest BCUT2D eigenvalue weighted by molar-refractivity contribution is -0.385. The van der Waals surface area contributed by atoms with Crippen molar-refractivity contribution in [2.75, 3.05) is 5.73 Å². The Labute approximate surface area is 95.6 Å². The molecule has 0 heterocycles. The highest BCUT2D eigenvalue weighted by Gasteiger charge is 2.13. The number of hydrogen-bond acceptors (Lipinski definition) is 4. The van der Waals surface area contributed by atoms with Crippen LogP contribution in [-0.2, 0) is 4.79 Å². The van der Waals surface area contributed by atoms with Crippen LogP contribution < -0.4 is 11.5 Å². The topological polar surface area (TPSA) is 112 Å². The Morgan fingerprint density at radius 3 is 2.71 bits per heavy atom. The van der Waals surface area contributed by atoms with E-state index in [2.05, 4.69) is 11.8 Å². The highest BCUT2D eigenvalue weighted by atomic mass is 19.1. The molecule has 4 N–H and O–H groups in total. The maximum absolute atomic E-state index is 13.2. The van der Waals surface area contributed by atoms with Crippen LogP contribution in [-0.4, -0.2) is 10.8 Å². The normalized spacial score (nSPS) is 9.24. The van der Waals surface area contributed by atoms with Crippen LogP contribution in [0.3, 0.4) is 0 Å². The molecule has 0 atom stereocenters. The molecule has 0 radical (unpaired) electrons. The van der Waals surface area contributed by atoms with E-state index < -0.39 is 22.3 Å². The number of amides is 1. The van der Waals surface area contributed by atoms with Crippen LogP contribution in [0.25, 0.3) is 0 Å². The predicted molar refractivity (Wildman–Crippen MR) is 58.2 cm³/mol. The van der Waals surface area contributed by atoms with Gasteiger partial charge in [-0.2, -0.15) is 0 Å². The third kappa shape index (κ3) is 3.17. The van der Waals surface area contributed by atoms with Gasteiger partial charge in [-0.1, -0.05) is 11.8 Å². The Balaban J connectivity index is 3.17. The summed E-state index contributed by atoms with van der Waals surface area (Å²) in [6, 6.07) is 1.74. The number of benzene rings is 1. The molecule has 1 amide bonds. The number of primary amides is 1. The Hall–Kier alpha value is -2.62. The van der Waals surface area contributed by atoms with Gasteiger partial charge in [0.15, 0.2) is 5.82 Å². The van der Waals surface area contributed by atoms with Crippen molar-refractivity contribution in [3.05, 3.63) is 33.6 Å². The zero-order chi connectivity index (χ0) is 13.0. The summed E-state index contributed by atoms with van der Waals surface area (Å²) in [5, 5.41) is 10.5. The lowest BCUT2D eigenvalue weighted by Gasteiger charge is -2.00. The standard InChI is InChI=1S/C10H8FN3O3/c11-8-5-7(14(16)17)4-6(10(8)13)2-1-3-9(12)15/h4-5H,3,13H2,(H2,12,15). The van der Waals surface area contributed by atoms with Gasteiger partial charge in [0.25, 0.3) is 5.69 Å². The third-order valence-electron chi connectivity index (χ3n) is 1.81. The summed E-state index contributed by atoms with van der Waals surface area (Å²) >= 11 is 0. The zero-order valence-electron chi connectivity index (χ0n) is 8.57. The summed E-state index contributed by atoms with van der Waals surface area (Å²) in [6.45, 7) is 0. The van der Waals surface area contributed by atoms with E-state index in [0.29, 0.717) is 6.07 Å². The molecular weight excluding hydrogens is 229 g/mol. The van der Waals surface area contributed by atoms with Crippen molar-refractivity contribution < 1.29 is 14.1 Å². The number of non-ortho nitro benzene ring substituents is 1. The molecule has 0 bridgehead atoms. The van der Waals surface area contributed by atoms with Gasteiger partial charge in [0.2, 0.25) is 5.91 Å². The molecule has 6 nitrogen and oxygen atoms in total. The summed E-state index contributed by atoms with van der Waals surface area (Å²) in [6.07, 6.45) is -0.232. The average Bonchev–Trinajstić information content (AvgIpc) is 2.23. The molecule has 1 aromatic rings. The first-order valence-electron chi connectivity index (χ1n) is 4.42. The first-order valence-corrected chi connectivity index (χ1v) is 4.42. The van der Waals surface area contributed by atoms with Gasteiger partial charge in [0, 0.05) is 6.07 Å². The molecule has 7 heteroatoms. The van der Waals surface area contributed by atoms with Gasteiger partial charge in [-0.15, -0.1) is 0 Å². The van der Waals surface area contributed by atoms with E-state index in [1.165, 1.54) is 0 Å². The molecule has 1 rings (SSSR count). The van der Waals surface area contributed by atoms with Gasteiger partial charge in [-0.05, 0) is 0 Å². The van der Waals surface area contributed by atoms with Crippen molar-refractivity contribution in [3.8, 4) is 11.8 Å². The van der Waals surface area contributed by atoms with Crippen molar-refractivity contribution in [1.82, 2.24) is 0 Å². The van der Waals surface area contributed by atoms with Gasteiger partial charge >= 0.3 is 0 Å². The van der Waals surface area contributed by atoms with E-state index in [9.17, 15) is 19.3 Å². The number of nitrogens with two attached hydrogens (primary N) is 2. The summed E-state index contributed by atoms with van der Waals surface area (Å²) in [4.78, 5) is 20.1. The summed E-state index contributed by atoms with van der Waals surface area (Å²) < 4.78 is 13.2. The van der Waals surface area contributed by atoms with Crippen molar-refractivity contribution in [2.45, 2.75) is 6.42 Å². The lowest BCUT2D eigenvalue weighted by Crippen LogP contribution is -2.08. The molecule has 0 fully saturated rings. The number of carbonyl (C=O) groups is 1. The number of nitro benzene ring substituents is 1. The summed E-state index contributed by atoms with van der Waals surface area (Å²) in [7, 11) is 0. The monoisotopic (exact) mass is 237 g/mol. The van der Waals surface area contributed by atoms with Crippen LogP contribution >= 0.6 is 0 Å². The average molecular weight is 237 g/mol. The Bertz CT molecular complexity index is 546. The molecule has 1 aromatic carbocycles. The SMILES string of the molecule is NC(=O)CC#Cc1cc([N+](=O)[O-])cc(F)c1N. The number of hydrogen-bond donors (Lipinski definition) is 2. The van der Waals surface area contributed by atoms with Gasteiger partial charge in [0.05, 0.1) is 28.7 Å². The zero-order valence-corrected chi connectivity index (χ0v) is 8.57. The number of halogens is 1. The highest BCUT2D eigenvalue weighted by molar-refractivity contribution is 5.77. The summed E-state index contributed by atoms with van der Waals surface area (Å²) in [5.41, 5.74) is 9.40. The van der Waals surface area contributed by atoms with Crippen LogP contribution in [0.15, 0.2) is 12.1 Å². The molecule has 0 aromatic heterocycles. The van der Waals surface area contributed by atoms with Crippen molar-refractivity contribution >= 4 is 17.3 Å². The number of rotatable bonds is 2. The number of anilines is 1. The molecular formula is C10H8FN3O3. The van der Waals surface area contributed by atoms with Crippen LogP contribution in [0.5, 0.6) is 0 Å². The number of nitro groups is 1. The fraction of sp³-hybridized carbons (Fsp3) is 0.100. The maximum atomic E-state index is 13.2. The molecule has 0 aliphatic rings. The second-order valence-corrected chi connectivity index (χ2v) is 3.09. The van der Waals surface area contributed by atoms with E-state index in [4.69, 9.17) is 11.5 Å². The van der Waals surface area contributed by atoms with E-state index >= 15 is 0 Å². The highest BCUT2D eigenvalue weighted by Crippen LogP contribution is 2.22. The third-order valence-corrected chi connectivity index (χ3v) is 1.81. The minimum Gasteiger partial charge on any atom is -0.395 e. The number of nitrogen functional groups attached to an aromatic ring is 1. The maximum Gasteiger partial charge on any atom is 0.273 e. The molecule has 88 valence electrons. The fourth-order valence-corrected chi connectivity index (χ4v) is 1.04. The minimum absolute atomic E-state index is 0.0436. The van der Waals surface area contributed by atoms with Crippen molar-refractivity contribution in [2.24, 2.45) is 5.73 Å². The Kier molecular flexibility index (Phi) is 3.62. The van der Waals surface area contributed by atoms with Gasteiger partial charge in [0.1, 0.15) is 0 Å². The molecule has 0 saturated heterocycles. The molecule has 0 aliphatic carbocycles. The Morgan fingerprint density at radius 1 is 1.53 bits per heavy atom. The Morgan fingerprint density at radius 2 is 2.18 bits per heavy atom. The second kappa shape index (κ2) is 4.94. The van der Waals surface area contributed by atoms with E-state index in [1.807, 2.05) is 0 Å². The fourth-order valence-electron chi connectivity index (χ4n) is 1.04. The minimum atomic E-state index is -0.928. The number of nitrogens with zero attached hydrogens (tertiary/aromatic N) is 1. The van der Waals surface area contributed by atoms with E-state index in [0.717, 1.165) is 6.07 Å². The largest absolute Gasteiger partial charge is 0.395 e. The molecule has 0 aliphatic heterocycles. The summed E-state index contributed by atoms with van der Waals surface area (Å²) in [5.74, 6) is 3.12. The van der Waals surface area contributed by atoms with Crippen molar-refractivity contribution in [3.63, 3.8) is 0 Å². The van der Waals surface area contributed by atoms with Crippen LogP contribution in [0.4, 0.5) is 15.8 Å². The van der Waals surface area contributed by atoms with Gasteiger partial charge in [-0.3, -0.25) is 14.9 Å². The van der Waals surface area contributed by atoms with E-state index in [1.54, 1.807) is 0 Å². The quantitative estimate of drug-likeness (QED) is 0.338. The molecule has 17 heavy (non-hydrogen) atoms. The second-order valence-electron chi connectivity index (χ2n) is 3.09. The van der Waals surface area contributed by atoms with Crippen LogP contribution in [0.1, 0.15) is 12.0 Å². The molecule has 0 spiro atoms. The number of carbonyl (C=O) groups excluding carboxylic acids is 1. The van der Waals surface area contributed by atoms with Crippen LogP contribution in [0, 0.1) is 27.8 Å². The first kappa shape index (κ1) is 12.4. The smallest absolute Gasteiger partial charge is 0.273 e. The van der Waals surface area contributed by atoms with Gasteiger partial charge in [-0.25, -0.2) is 4.39 Å². The molecule has 0 saturated carbocycles. The van der Waals surface area contributed by atoms with Crippen molar-refractivity contribution in [1.29, 1.82) is 0 Å². The van der Waals surface area contributed by atoms with Gasteiger partial charge < -0.3 is 11.5 Å². The lowest BCUT2D eigenvalue weighted by atomic mass is 10.1.